The molecule has 0 aromatic heterocycles. The summed E-state index contributed by atoms with van der Waals surface area (Å²) in [6.45, 7) is 2.45. The van der Waals surface area contributed by atoms with Gasteiger partial charge in [-0.25, -0.2) is 4.79 Å². The molecular formula is C8H11NO3. The molecule has 1 heterocycles. The third-order valence-corrected chi connectivity index (χ3v) is 1.48. The highest BCUT2D eigenvalue weighted by Gasteiger charge is 2.15. The SMILES string of the molecule is CCOC(=O)C1=NCC(CO)=C1. The van der Waals surface area contributed by atoms with Gasteiger partial charge in [0.05, 0.1) is 19.8 Å². The van der Waals surface area contributed by atoms with Crippen LogP contribution in [-0.4, -0.2) is 36.5 Å². The molecule has 0 spiro atoms. The molecule has 0 saturated carbocycles. The monoisotopic (exact) mass is 169 g/mol. The summed E-state index contributed by atoms with van der Waals surface area (Å²) in [6, 6.07) is 0. The number of hydrogen-bond acceptors (Lipinski definition) is 4. The highest BCUT2D eigenvalue weighted by molar-refractivity contribution is 6.41. The van der Waals surface area contributed by atoms with Crippen LogP contribution in [0.15, 0.2) is 16.6 Å². The standard InChI is InChI=1S/C8H11NO3/c1-2-12-8(11)7-3-6(5-10)4-9-7/h3,10H,2,4-5H2,1H3. The molecule has 0 aromatic rings. The van der Waals surface area contributed by atoms with Crippen LogP contribution < -0.4 is 0 Å². The van der Waals surface area contributed by atoms with Gasteiger partial charge in [-0.2, -0.15) is 0 Å². The van der Waals surface area contributed by atoms with Crippen LogP contribution >= 0.6 is 0 Å². The normalized spacial score (nSPS) is 15.5. The van der Waals surface area contributed by atoms with Crippen molar-refractivity contribution in [2.75, 3.05) is 19.8 Å². The van der Waals surface area contributed by atoms with Crippen LogP contribution in [0.3, 0.4) is 0 Å². The zero-order valence-electron chi connectivity index (χ0n) is 6.91. The Kier molecular flexibility index (Phi) is 2.99. The Morgan fingerprint density at radius 3 is 3.08 bits per heavy atom. The number of rotatable bonds is 3. The molecule has 1 aliphatic rings. The third-order valence-electron chi connectivity index (χ3n) is 1.48. The van der Waals surface area contributed by atoms with Crippen molar-refractivity contribution >= 4 is 11.7 Å². The molecule has 66 valence electrons. The van der Waals surface area contributed by atoms with Gasteiger partial charge in [-0.15, -0.1) is 0 Å². The first kappa shape index (κ1) is 8.93. The van der Waals surface area contributed by atoms with Crippen molar-refractivity contribution in [2.24, 2.45) is 4.99 Å². The molecule has 0 unspecified atom stereocenters. The second-order valence-electron chi connectivity index (χ2n) is 2.38. The number of carbonyl (C=O) groups excluding carboxylic acids is 1. The van der Waals surface area contributed by atoms with Crippen molar-refractivity contribution in [1.82, 2.24) is 0 Å². The Hall–Kier alpha value is -1.16. The molecule has 1 N–H and O–H groups in total. The molecule has 1 aliphatic heterocycles. The first-order valence-corrected chi connectivity index (χ1v) is 3.79. The van der Waals surface area contributed by atoms with Crippen molar-refractivity contribution in [2.45, 2.75) is 6.92 Å². The van der Waals surface area contributed by atoms with E-state index in [4.69, 9.17) is 9.84 Å². The van der Waals surface area contributed by atoms with Gasteiger partial charge >= 0.3 is 5.97 Å². The summed E-state index contributed by atoms with van der Waals surface area (Å²) in [5.41, 5.74) is 1.05. The Morgan fingerprint density at radius 1 is 1.83 bits per heavy atom. The molecule has 1 rings (SSSR count). The lowest BCUT2D eigenvalue weighted by atomic mass is 10.2. The molecule has 4 heteroatoms. The second-order valence-corrected chi connectivity index (χ2v) is 2.38. The Bertz CT molecular complexity index is 243. The van der Waals surface area contributed by atoms with Crippen LogP contribution in [0.25, 0.3) is 0 Å². The van der Waals surface area contributed by atoms with Crippen molar-refractivity contribution < 1.29 is 14.6 Å². The van der Waals surface area contributed by atoms with Gasteiger partial charge in [-0.3, -0.25) is 4.99 Å². The first-order valence-electron chi connectivity index (χ1n) is 3.79. The zero-order chi connectivity index (χ0) is 8.97. The molecule has 0 aliphatic carbocycles. The Morgan fingerprint density at radius 2 is 2.58 bits per heavy atom. The number of hydrogen-bond donors (Lipinski definition) is 1. The van der Waals surface area contributed by atoms with E-state index < -0.39 is 5.97 Å². The summed E-state index contributed by atoms with van der Waals surface area (Å²) in [4.78, 5) is 14.9. The fourth-order valence-corrected chi connectivity index (χ4v) is 0.896. The van der Waals surface area contributed by atoms with E-state index >= 15 is 0 Å². The first-order chi connectivity index (χ1) is 5.77. The molecular weight excluding hydrogens is 158 g/mol. The van der Waals surface area contributed by atoms with Gasteiger partial charge < -0.3 is 9.84 Å². The molecule has 0 saturated heterocycles. The van der Waals surface area contributed by atoms with E-state index in [1.54, 1.807) is 13.0 Å². The van der Waals surface area contributed by atoms with E-state index in [1.165, 1.54) is 0 Å². The second kappa shape index (κ2) is 4.01. The van der Waals surface area contributed by atoms with Gasteiger partial charge in [0.25, 0.3) is 0 Å². The predicted molar refractivity (Wildman–Crippen MR) is 44.1 cm³/mol. The summed E-state index contributed by atoms with van der Waals surface area (Å²) in [5.74, 6) is -0.416. The average Bonchev–Trinajstić information content (AvgIpc) is 2.52. The van der Waals surface area contributed by atoms with E-state index in [1.807, 2.05) is 0 Å². The third kappa shape index (κ3) is 1.92. The minimum atomic E-state index is -0.416. The number of aliphatic hydroxyl groups excluding tert-OH is 1. The minimum absolute atomic E-state index is 0.0492. The lowest BCUT2D eigenvalue weighted by Crippen LogP contribution is -2.13. The fourth-order valence-electron chi connectivity index (χ4n) is 0.896. The topological polar surface area (TPSA) is 58.9 Å². The number of aliphatic hydroxyl groups is 1. The van der Waals surface area contributed by atoms with Crippen molar-refractivity contribution in [3.05, 3.63) is 11.6 Å². The van der Waals surface area contributed by atoms with E-state index in [2.05, 4.69) is 4.99 Å². The van der Waals surface area contributed by atoms with Crippen molar-refractivity contribution in [1.29, 1.82) is 0 Å². The molecule has 0 amide bonds. The fraction of sp³-hybridized carbons (Fsp3) is 0.500. The number of aliphatic imine (C=N–C) groups is 1. The summed E-state index contributed by atoms with van der Waals surface area (Å²) >= 11 is 0. The van der Waals surface area contributed by atoms with Gasteiger partial charge in [0, 0.05) is 0 Å². The molecule has 12 heavy (non-hydrogen) atoms. The van der Waals surface area contributed by atoms with Gasteiger partial charge in [-0.1, -0.05) is 0 Å². The van der Waals surface area contributed by atoms with Crippen molar-refractivity contribution in [3.8, 4) is 0 Å². The van der Waals surface area contributed by atoms with Gasteiger partial charge in [0.1, 0.15) is 5.71 Å². The molecule has 0 aromatic carbocycles. The number of ether oxygens (including phenoxy) is 1. The largest absolute Gasteiger partial charge is 0.461 e. The van der Waals surface area contributed by atoms with E-state index in [-0.39, 0.29) is 6.61 Å². The average molecular weight is 169 g/mol. The predicted octanol–water partition coefficient (Wildman–Crippen LogP) is -0.0772. The van der Waals surface area contributed by atoms with E-state index in [0.717, 1.165) is 5.57 Å². The quantitative estimate of drug-likeness (QED) is 0.601. The Balaban J connectivity index is 2.55. The van der Waals surface area contributed by atoms with E-state index in [9.17, 15) is 4.79 Å². The Labute approximate surface area is 70.6 Å². The highest BCUT2D eigenvalue weighted by Crippen LogP contribution is 2.05. The van der Waals surface area contributed by atoms with Crippen LogP contribution in [-0.2, 0) is 9.53 Å². The lowest BCUT2D eigenvalue weighted by molar-refractivity contribution is -0.134. The van der Waals surface area contributed by atoms with Crippen LogP contribution in [0, 0.1) is 0 Å². The van der Waals surface area contributed by atoms with Gasteiger partial charge in [0.2, 0.25) is 0 Å². The molecule has 4 nitrogen and oxygen atoms in total. The van der Waals surface area contributed by atoms with Gasteiger partial charge in [0.15, 0.2) is 0 Å². The van der Waals surface area contributed by atoms with Crippen molar-refractivity contribution in [3.63, 3.8) is 0 Å². The molecule has 0 radical (unpaired) electrons. The lowest BCUT2D eigenvalue weighted by Gasteiger charge is -1.97. The maximum Gasteiger partial charge on any atom is 0.356 e. The zero-order valence-corrected chi connectivity index (χ0v) is 6.91. The summed E-state index contributed by atoms with van der Waals surface area (Å²) in [6.07, 6.45) is 1.57. The summed E-state index contributed by atoms with van der Waals surface area (Å²) < 4.78 is 4.72. The van der Waals surface area contributed by atoms with Crippen LogP contribution in [0.5, 0.6) is 0 Å². The van der Waals surface area contributed by atoms with Gasteiger partial charge in [-0.05, 0) is 18.6 Å². The van der Waals surface area contributed by atoms with Crippen LogP contribution in [0.4, 0.5) is 0 Å². The molecule has 0 fully saturated rings. The maximum absolute atomic E-state index is 11.0. The number of carbonyl (C=O) groups is 1. The molecule has 0 atom stereocenters. The summed E-state index contributed by atoms with van der Waals surface area (Å²) in [5, 5.41) is 8.70. The smallest absolute Gasteiger partial charge is 0.356 e. The van der Waals surface area contributed by atoms with E-state index in [0.29, 0.717) is 18.9 Å². The number of esters is 1. The van der Waals surface area contributed by atoms with Crippen LogP contribution in [0.2, 0.25) is 0 Å². The summed E-state index contributed by atoms with van der Waals surface area (Å²) in [7, 11) is 0. The molecule has 0 bridgehead atoms. The highest BCUT2D eigenvalue weighted by atomic mass is 16.5. The van der Waals surface area contributed by atoms with Crippen LogP contribution in [0.1, 0.15) is 6.92 Å². The maximum atomic E-state index is 11.0. The minimum Gasteiger partial charge on any atom is -0.461 e. The number of nitrogens with zero attached hydrogens (tertiary/aromatic N) is 1.